The van der Waals surface area contributed by atoms with Crippen LogP contribution >= 0.6 is 0 Å². The average molecular weight is 389 g/mol. The van der Waals surface area contributed by atoms with Crippen molar-refractivity contribution in [2.24, 2.45) is 0 Å². The van der Waals surface area contributed by atoms with Gasteiger partial charge in [-0.15, -0.1) is 0 Å². The number of ether oxygens (including phenoxy) is 2. The summed E-state index contributed by atoms with van der Waals surface area (Å²) in [7, 11) is 1.80. The molecular weight excluding hydrogens is 366 g/mol. The van der Waals surface area contributed by atoms with Crippen molar-refractivity contribution in [3.05, 3.63) is 72.1 Å². The normalized spacial score (nSPS) is 17.8. The standard InChI is InChI=1S/C23H23N3O3/c1-25(14-18-15-28-21-9-5-6-10-22(21)29-18)23(27)20-13-19(16-11-12-16)24-26(20)17-7-3-2-4-8-17/h2-10,13,16,18H,11-12,14-15H2,1H3/t18-/m0/s1. The number of fused-ring (bicyclic) bond motifs is 1. The Morgan fingerprint density at radius 1 is 1.10 bits per heavy atom. The van der Waals surface area contributed by atoms with Gasteiger partial charge in [-0.1, -0.05) is 30.3 Å². The molecule has 0 unspecified atom stereocenters. The maximum atomic E-state index is 13.3. The molecule has 3 aromatic rings. The largest absolute Gasteiger partial charge is 0.486 e. The zero-order valence-electron chi connectivity index (χ0n) is 16.3. The molecule has 1 aliphatic carbocycles. The highest BCUT2D eigenvalue weighted by Gasteiger charge is 2.31. The first-order valence-electron chi connectivity index (χ1n) is 9.98. The number of benzene rings is 2. The van der Waals surface area contributed by atoms with E-state index in [2.05, 4.69) is 0 Å². The van der Waals surface area contributed by atoms with Crippen LogP contribution in [0.3, 0.4) is 0 Å². The van der Waals surface area contributed by atoms with Crippen LogP contribution in [-0.2, 0) is 0 Å². The lowest BCUT2D eigenvalue weighted by molar-refractivity contribution is 0.0515. The van der Waals surface area contributed by atoms with Crippen LogP contribution in [0.4, 0.5) is 0 Å². The summed E-state index contributed by atoms with van der Waals surface area (Å²) in [5, 5.41) is 4.74. The molecule has 1 aromatic heterocycles. The van der Waals surface area contributed by atoms with Crippen molar-refractivity contribution in [2.75, 3.05) is 20.2 Å². The van der Waals surface area contributed by atoms with Gasteiger partial charge in [0.25, 0.3) is 5.91 Å². The van der Waals surface area contributed by atoms with Gasteiger partial charge in [0, 0.05) is 13.0 Å². The second-order valence-corrected chi connectivity index (χ2v) is 7.66. The molecular formula is C23H23N3O3. The lowest BCUT2D eigenvalue weighted by Crippen LogP contribution is -2.42. The Kier molecular flexibility index (Phi) is 4.46. The van der Waals surface area contributed by atoms with Crippen LogP contribution in [0, 0.1) is 0 Å². The molecule has 0 saturated heterocycles. The second-order valence-electron chi connectivity index (χ2n) is 7.66. The molecule has 1 aliphatic heterocycles. The number of carbonyl (C=O) groups is 1. The number of aromatic nitrogens is 2. The molecule has 29 heavy (non-hydrogen) atoms. The lowest BCUT2D eigenvalue weighted by Gasteiger charge is -2.29. The first-order chi connectivity index (χ1) is 14.2. The number of nitrogens with zero attached hydrogens (tertiary/aromatic N) is 3. The van der Waals surface area contributed by atoms with E-state index in [0.717, 1.165) is 35.7 Å². The van der Waals surface area contributed by atoms with Gasteiger partial charge >= 0.3 is 0 Å². The lowest BCUT2D eigenvalue weighted by atomic mass is 10.2. The van der Waals surface area contributed by atoms with Gasteiger partial charge in [-0.25, -0.2) is 4.68 Å². The first kappa shape index (κ1) is 17.8. The Labute approximate surface area is 169 Å². The monoisotopic (exact) mass is 389 g/mol. The smallest absolute Gasteiger partial charge is 0.272 e. The number of hydrogen-bond acceptors (Lipinski definition) is 4. The second kappa shape index (κ2) is 7.28. The van der Waals surface area contributed by atoms with Gasteiger partial charge in [0.2, 0.25) is 0 Å². The topological polar surface area (TPSA) is 56.6 Å². The third kappa shape index (κ3) is 3.58. The van der Waals surface area contributed by atoms with Gasteiger partial charge < -0.3 is 14.4 Å². The highest BCUT2D eigenvalue weighted by molar-refractivity contribution is 5.93. The molecule has 2 aliphatic rings. The number of hydrogen-bond donors (Lipinski definition) is 0. The fraction of sp³-hybridized carbons (Fsp3) is 0.304. The molecule has 6 heteroatoms. The molecule has 2 heterocycles. The van der Waals surface area contributed by atoms with E-state index in [1.54, 1.807) is 16.6 Å². The molecule has 5 rings (SSSR count). The molecule has 1 amide bonds. The average Bonchev–Trinajstić information content (AvgIpc) is 3.52. The van der Waals surface area contributed by atoms with E-state index in [0.29, 0.717) is 24.8 Å². The van der Waals surface area contributed by atoms with Crippen molar-refractivity contribution in [3.8, 4) is 17.2 Å². The van der Waals surface area contributed by atoms with Crippen molar-refractivity contribution < 1.29 is 14.3 Å². The molecule has 0 N–H and O–H groups in total. The highest BCUT2D eigenvalue weighted by Crippen LogP contribution is 2.40. The van der Waals surface area contributed by atoms with Crippen LogP contribution in [0.1, 0.15) is 34.9 Å². The Morgan fingerprint density at radius 3 is 2.59 bits per heavy atom. The third-order valence-electron chi connectivity index (χ3n) is 5.34. The zero-order chi connectivity index (χ0) is 19.8. The van der Waals surface area contributed by atoms with Crippen LogP contribution in [0.25, 0.3) is 5.69 Å². The van der Waals surface area contributed by atoms with E-state index in [-0.39, 0.29) is 12.0 Å². The van der Waals surface area contributed by atoms with Crippen LogP contribution in [0.5, 0.6) is 11.5 Å². The van der Waals surface area contributed by atoms with E-state index < -0.39 is 0 Å². The van der Waals surface area contributed by atoms with Crippen LogP contribution in [0.15, 0.2) is 60.7 Å². The molecule has 1 atom stereocenters. The molecule has 148 valence electrons. The Morgan fingerprint density at radius 2 is 1.83 bits per heavy atom. The number of carbonyl (C=O) groups excluding carboxylic acids is 1. The Bertz CT molecular complexity index is 1030. The summed E-state index contributed by atoms with van der Waals surface area (Å²) in [6.45, 7) is 0.853. The maximum absolute atomic E-state index is 13.3. The van der Waals surface area contributed by atoms with Gasteiger partial charge in [0.05, 0.1) is 17.9 Å². The SMILES string of the molecule is CN(C[C@H]1COc2ccccc2O1)C(=O)c1cc(C2CC2)nn1-c1ccccc1. The fourth-order valence-electron chi connectivity index (χ4n) is 3.63. The van der Waals surface area contributed by atoms with Gasteiger partial charge in [0.15, 0.2) is 17.6 Å². The maximum Gasteiger partial charge on any atom is 0.272 e. The van der Waals surface area contributed by atoms with Crippen molar-refractivity contribution in [1.29, 1.82) is 0 Å². The predicted molar refractivity (Wildman–Crippen MR) is 109 cm³/mol. The number of para-hydroxylation sites is 3. The minimum absolute atomic E-state index is 0.0734. The van der Waals surface area contributed by atoms with E-state index in [1.807, 2.05) is 60.7 Å². The summed E-state index contributed by atoms with van der Waals surface area (Å²) in [5.41, 5.74) is 2.47. The number of likely N-dealkylation sites (N-methyl/N-ethyl adjacent to an activating group) is 1. The van der Waals surface area contributed by atoms with Crippen molar-refractivity contribution in [1.82, 2.24) is 14.7 Å². The Balaban J connectivity index is 1.36. The van der Waals surface area contributed by atoms with Crippen molar-refractivity contribution >= 4 is 5.91 Å². The molecule has 1 saturated carbocycles. The summed E-state index contributed by atoms with van der Waals surface area (Å²) >= 11 is 0. The summed E-state index contributed by atoms with van der Waals surface area (Å²) in [6, 6.07) is 19.3. The number of rotatable bonds is 5. The molecule has 1 fully saturated rings. The van der Waals surface area contributed by atoms with E-state index in [9.17, 15) is 4.79 Å². The third-order valence-corrected chi connectivity index (χ3v) is 5.34. The molecule has 0 bridgehead atoms. The highest BCUT2D eigenvalue weighted by atomic mass is 16.6. The van der Waals surface area contributed by atoms with Crippen LogP contribution < -0.4 is 9.47 Å². The van der Waals surface area contributed by atoms with Gasteiger partial charge in [-0.2, -0.15) is 5.10 Å². The van der Waals surface area contributed by atoms with Crippen molar-refractivity contribution in [2.45, 2.75) is 24.9 Å². The predicted octanol–water partition coefficient (Wildman–Crippen LogP) is 3.66. The minimum atomic E-state index is -0.213. The summed E-state index contributed by atoms with van der Waals surface area (Å²) in [6.07, 6.45) is 2.07. The summed E-state index contributed by atoms with van der Waals surface area (Å²) < 4.78 is 13.6. The zero-order valence-corrected chi connectivity index (χ0v) is 16.3. The fourth-order valence-corrected chi connectivity index (χ4v) is 3.63. The summed E-state index contributed by atoms with van der Waals surface area (Å²) in [5.74, 6) is 1.86. The Hall–Kier alpha value is -3.28. The quantitative estimate of drug-likeness (QED) is 0.668. The molecule has 6 nitrogen and oxygen atoms in total. The van der Waals surface area contributed by atoms with Gasteiger partial charge in [-0.3, -0.25) is 4.79 Å². The molecule has 0 spiro atoms. The van der Waals surface area contributed by atoms with Gasteiger partial charge in [0.1, 0.15) is 12.3 Å². The van der Waals surface area contributed by atoms with Crippen LogP contribution in [0.2, 0.25) is 0 Å². The number of amides is 1. The van der Waals surface area contributed by atoms with Crippen LogP contribution in [-0.4, -0.2) is 46.9 Å². The van der Waals surface area contributed by atoms with Crippen molar-refractivity contribution in [3.63, 3.8) is 0 Å². The first-order valence-corrected chi connectivity index (χ1v) is 9.98. The minimum Gasteiger partial charge on any atom is -0.486 e. The molecule has 0 radical (unpaired) electrons. The van der Waals surface area contributed by atoms with Gasteiger partial charge in [-0.05, 0) is 43.2 Å². The summed E-state index contributed by atoms with van der Waals surface area (Å²) in [4.78, 5) is 15.0. The van der Waals surface area contributed by atoms with E-state index >= 15 is 0 Å². The van der Waals surface area contributed by atoms with E-state index in [4.69, 9.17) is 14.6 Å². The van der Waals surface area contributed by atoms with E-state index in [1.165, 1.54) is 0 Å². The molecule has 2 aromatic carbocycles.